The summed E-state index contributed by atoms with van der Waals surface area (Å²) in [6, 6.07) is 6.76. The van der Waals surface area contributed by atoms with E-state index >= 15 is 0 Å². The molecular formula is C8H9NO3. The smallest absolute Gasteiger partial charge is 0.341 e. The maximum atomic E-state index is 10.1. The highest BCUT2D eigenvalue weighted by molar-refractivity contribution is 5.69. The molecule has 1 aromatic carbocycles. The van der Waals surface area contributed by atoms with Crippen LogP contribution < -0.4 is 10.5 Å². The van der Waals surface area contributed by atoms with Crippen molar-refractivity contribution in [3.8, 4) is 5.75 Å². The second-order valence-electron chi connectivity index (χ2n) is 2.22. The van der Waals surface area contributed by atoms with Gasteiger partial charge in [-0.3, -0.25) is 0 Å². The molecule has 0 spiro atoms. The number of nitrogens with two attached hydrogens (primary N) is 1. The van der Waals surface area contributed by atoms with E-state index in [1.807, 2.05) is 0 Å². The van der Waals surface area contributed by atoms with Gasteiger partial charge in [-0.25, -0.2) is 4.79 Å². The van der Waals surface area contributed by atoms with Crippen LogP contribution in [-0.2, 0) is 4.79 Å². The Morgan fingerprint density at radius 2 is 2.17 bits per heavy atom. The molecule has 3 N–H and O–H groups in total. The number of carboxylic acid groups (broad SMARTS) is 1. The summed E-state index contributed by atoms with van der Waals surface area (Å²) in [7, 11) is 0. The van der Waals surface area contributed by atoms with E-state index in [0.29, 0.717) is 11.4 Å². The summed E-state index contributed by atoms with van der Waals surface area (Å²) >= 11 is 0. The van der Waals surface area contributed by atoms with Gasteiger partial charge < -0.3 is 15.6 Å². The molecule has 1 rings (SSSR count). The van der Waals surface area contributed by atoms with Crippen LogP contribution in [0.1, 0.15) is 0 Å². The Kier molecular flexibility index (Phi) is 2.53. The summed E-state index contributed by atoms with van der Waals surface area (Å²) in [5, 5.41) is 8.30. The minimum absolute atomic E-state index is 0.367. The van der Waals surface area contributed by atoms with Crippen molar-refractivity contribution in [1.82, 2.24) is 0 Å². The zero-order valence-corrected chi connectivity index (χ0v) is 6.36. The van der Waals surface area contributed by atoms with Crippen molar-refractivity contribution >= 4 is 11.7 Å². The van der Waals surface area contributed by atoms with Gasteiger partial charge in [-0.15, -0.1) is 0 Å². The van der Waals surface area contributed by atoms with Gasteiger partial charge in [0.15, 0.2) is 6.61 Å². The van der Waals surface area contributed by atoms with E-state index in [-0.39, 0.29) is 6.61 Å². The highest BCUT2D eigenvalue weighted by atomic mass is 16.5. The van der Waals surface area contributed by atoms with Gasteiger partial charge in [0.2, 0.25) is 0 Å². The van der Waals surface area contributed by atoms with Crippen LogP contribution in [0.4, 0.5) is 5.69 Å². The van der Waals surface area contributed by atoms with Gasteiger partial charge in [0, 0.05) is 0 Å². The van der Waals surface area contributed by atoms with Crippen LogP contribution in [0, 0.1) is 0 Å². The van der Waals surface area contributed by atoms with Crippen LogP contribution in [0.2, 0.25) is 0 Å². The summed E-state index contributed by atoms with van der Waals surface area (Å²) in [4.78, 5) is 10.1. The third-order valence-electron chi connectivity index (χ3n) is 1.27. The molecule has 4 heteroatoms. The van der Waals surface area contributed by atoms with Crippen LogP contribution >= 0.6 is 0 Å². The summed E-state index contributed by atoms with van der Waals surface area (Å²) in [6.07, 6.45) is 0. The molecule has 0 aliphatic carbocycles. The molecule has 0 amide bonds. The van der Waals surface area contributed by atoms with Crippen molar-refractivity contribution in [1.29, 1.82) is 0 Å². The molecule has 0 aliphatic heterocycles. The Balaban J connectivity index is 2.63. The molecule has 0 fully saturated rings. The average molecular weight is 167 g/mol. The summed E-state index contributed by atoms with van der Waals surface area (Å²) < 4.78 is 4.87. The first kappa shape index (κ1) is 8.39. The normalized spacial score (nSPS) is 9.33. The molecule has 0 saturated carbocycles. The first-order chi connectivity index (χ1) is 5.70. The SMILES string of the molecule is Nc1ccccc1OCC(=O)O. The molecule has 12 heavy (non-hydrogen) atoms. The fourth-order valence-electron chi connectivity index (χ4n) is 0.751. The minimum atomic E-state index is -1.02. The lowest BCUT2D eigenvalue weighted by Crippen LogP contribution is -2.10. The standard InChI is InChI=1S/C8H9NO3/c9-6-3-1-2-4-7(6)12-5-8(10)11/h1-4H,5,9H2,(H,10,11). The van der Waals surface area contributed by atoms with Gasteiger partial charge in [-0.2, -0.15) is 0 Å². The molecular weight excluding hydrogens is 158 g/mol. The third-order valence-corrected chi connectivity index (χ3v) is 1.27. The minimum Gasteiger partial charge on any atom is -0.480 e. The summed E-state index contributed by atoms with van der Waals surface area (Å²) in [5.74, 6) is -0.613. The zero-order chi connectivity index (χ0) is 8.97. The predicted octanol–water partition coefficient (Wildman–Crippen LogP) is 0.732. The van der Waals surface area contributed by atoms with E-state index in [1.165, 1.54) is 0 Å². The number of carboxylic acids is 1. The van der Waals surface area contributed by atoms with Crippen LogP contribution in [0.5, 0.6) is 5.75 Å². The number of ether oxygens (including phenoxy) is 1. The van der Waals surface area contributed by atoms with Crippen LogP contribution in [0.25, 0.3) is 0 Å². The Morgan fingerprint density at radius 1 is 1.50 bits per heavy atom. The second kappa shape index (κ2) is 3.61. The van der Waals surface area contributed by atoms with E-state index in [9.17, 15) is 4.79 Å². The number of hydrogen-bond acceptors (Lipinski definition) is 3. The fraction of sp³-hybridized carbons (Fsp3) is 0.125. The van der Waals surface area contributed by atoms with Crippen LogP contribution in [0.15, 0.2) is 24.3 Å². The molecule has 0 bridgehead atoms. The lowest BCUT2D eigenvalue weighted by molar-refractivity contribution is -0.139. The molecule has 0 aliphatic rings. The molecule has 0 radical (unpaired) electrons. The number of para-hydroxylation sites is 2. The highest BCUT2D eigenvalue weighted by Gasteiger charge is 2.00. The van der Waals surface area contributed by atoms with Gasteiger partial charge in [-0.05, 0) is 12.1 Å². The molecule has 64 valence electrons. The second-order valence-corrected chi connectivity index (χ2v) is 2.22. The number of nitrogen functional groups attached to an aromatic ring is 1. The van der Waals surface area contributed by atoms with E-state index < -0.39 is 5.97 Å². The Bertz CT molecular complexity index is 285. The van der Waals surface area contributed by atoms with Crippen molar-refractivity contribution in [2.75, 3.05) is 12.3 Å². The van der Waals surface area contributed by atoms with Crippen molar-refractivity contribution in [3.05, 3.63) is 24.3 Å². The third kappa shape index (κ3) is 2.16. The lowest BCUT2D eigenvalue weighted by Gasteiger charge is -2.04. The number of rotatable bonds is 3. The fourth-order valence-corrected chi connectivity index (χ4v) is 0.751. The van der Waals surface area contributed by atoms with Gasteiger partial charge in [0.05, 0.1) is 5.69 Å². The van der Waals surface area contributed by atoms with Crippen molar-refractivity contribution in [2.45, 2.75) is 0 Å². The molecule has 0 heterocycles. The van der Waals surface area contributed by atoms with Gasteiger partial charge in [0.25, 0.3) is 0 Å². The Morgan fingerprint density at radius 3 is 2.75 bits per heavy atom. The quantitative estimate of drug-likeness (QED) is 0.651. The monoisotopic (exact) mass is 167 g/mol. The zero-order valence-electron chi connectivity index (χ0n) is 6.36. The summed E-state index contributed by atoms with van der Waals surface area (Å²) in [6.45, 7) is -0.367. The number of carbonyl (C=O) groups is 1. The maximum Gasteiger partial charge on any atom is 0.341 e. The number of aliphatic carboxylic acids is 1. The Hall–Kier alpha value is -1.71. The topological polar surface area (TPSA) is 72.5 Å². The van der Waals surface area contributed by atoms with Gasteiger partial charge in [-0.1, -0.05) is 12.1 Å². The van der Waals surface area contributed by atoms with Crippen molar-refractivity contribution in [3.63, 3.8) is 0 Å². The van der Waals surface area contributed by atoms with E-state index in [4.69, 9.17) is 15.6 Å². The molecule has 0 saturated heterocycles. The largest absolute Gasteiger partial charge is 0.480 e. The van der Waals surface area contributed by atoms with Gasteiger partial charge in [0.1, 0.15) is 5.75 Å². The maximum absolute atomic E-state index is 10.1. The lowest BCUT2D eigenvalue weighted by atomic mass is 10.3. The molecule has 0 unspecified atom stereocenters. The molecule has 0 atom stereocenters. The van der Waals surface area contributed by atoms with Crippen LogP contribution in [0.3, 0.4) is 0 Å². The average Bonchev–Trinajstić information content (AvgIpc) is 2.03. The number of benzene rings is 1. The molecule has 4 nitrogen and oxygen atoms in total. The van der Waals surface area contributed by atoms with Crippen molar-refractivity contribution < 1.29 is 14.6 Å². The first-order valence-electron chi connectivity index (χ1n) is 3.39. The summed E-state index contributed by atoms with van der Waals surface area (Å²) in [5.41, 5.74) is 5.93. The van der Waals surface area contributed by atoms with Gasteiger partial charge >= 0.3 is 5.97 Å². The number of anilines is 1. The number of hydrogen-bond donors (Lipinski definition) is 2. The van der Waals surface area contributed by atoms with E-state index in [1.54, 1.807) is 24.3 Å². The van der Waals surface area contributed by atoms with E-state index in [2.05, 4.69) is 0 Å². The van der Waals surface area contributed by atoms with Crippen LogP contribution in [-0.4, -0.2) is 17.7 Å². The first-order valence-corrected chi connectivity index (χ1v) is 3.39. The molecule has 1 aromatic rings. The predicted molar refractivity (Wildman–Crippen MR) is 44.0 cm³/mol. The Labute approximate surface area is 69.6 Å². The highest BCUT2D eigenvalue weighted by Crippen LogP contribution is 2.19. The molecule has 0 aromatic heterocycles. The van der Waals surface area contributed by atoms with Crippen molar-refractivity contribution in [2.24, 2.45) is 0 Å². The van der Waals surface area contributed by atoms with E-state index in [0.717, 1.165) is 0 Å².